The lowest BCUT2D eigenvalue weighted by atomic mass is 9.96. The van der Waals surface area contributed by atoms with E-state index in [1.165, 1.54) is 11.3 Å². The number of esters is 1. The summed E-state index contributed by atoms with van der Waals surface area (Å²) >= 11 is 1.30. The Labute approximate surface area is 218 Å². The minimum absolute atomic E-state index is 0.206. The van der Waals surface area contributed by atoms with Crippen molar-refractivity contribution in [2.75, 3.05) is 6.61 Å². The van der Waals surface area contributed by atoms with Crippen molar-refractivity contribution in [2.24, 2.45) is 4.99 Å². The molecule has 1 aromatic heterocycles. The van der Waals surface area contributed by atoms with Gasteiger partial charge in [-0.05, 0) is 48.7 Å². The Kier molecular flexibility index (Phi) is 7.14. The molecule has 37 heavy (non-hydrogen) atoms. The summed E-state index contributed by atoms with van der Waals surface area (Å²) in [5, 5.41) is 0. The van der Waals surface area contributed by atoms with E-state index in [1.54, 1.807) is 18.4 Å². The molecule has 0 aliphatic carbocycles. The number of ether oxygens (including phenoxy) is 2. The third-order valence-electron chi connectivity index (χ3n) is 6.04. The molecule has 5 rings (SSSR count). The smallest absolute Gasteiger partial charge is 0.338 e. The molecule has 0 spiro atoms. The maximum absolute atomic E-state index is 13.7. The van der Waals surface area contributed by atoms with E-state index in [0.29, 0.717) is 33.0 Å². The fraction of sp³-hybridized carbons (Fsp3) is 0.167. The van der Waals surface area contributed by atoms with Gasteiger partial charge in [-0.3, -0.25) is 9.36 Å². The van der Waals surface area contributed by atoms with Crippen molar-refractivity contribution in [2.45, 2.75) is 26.5 Å². The van der Waals surface area contributed by atoms with Crippen LogP contribution in [0.25, 0.3) is 6.08 Å². The number of hydrogen-bond donors (Lipinski definition) is 0. The van der Waals surface area contributed by atoms with E-state index in [-0.39, 0.29) is 12.2 Å². The molecule has 186 valence electrons. The number of fused-ring (bicyclic) bond motifs is 1. The molecule has 2 heterocycles. The van der Waals surface area contributed by atoms with Gasteiger partial charge in [0, 0.05) is 0 Å². The summed E-state index contributed by atoms with van der Waals surface area (Å²) in [4.78, 5) is 31.8. The predicted molar refractivity (Wildman–Crippen MR) is 144 cm³/mol. The minimum atomic E-state index is -0.612. The maximum atomic E-state index is 13.7. The molecule has 1 unspecified atom stereocenters. The van der Waals surface area contributed by atoms with Crippen molar-refractivity contribution in [3.63, 3.8) is 0 Å². The molecule has 1 aliphatic rings. The molecule has 4 aromatic rings. The lowest BCUT2D eigenvalue weighted by Gasteiger charge is -2.24. The molecule has 0 saturated carbocycles. The zero-order valence-corrected chi connectivity index (χ0v) is 21.4. The van der Waals surface area contributed by atoms with E-state index < -0.39 is 12.0 Å². The van der Waals surface area contributed by atoms with Crippen LogP contribution in [0.2, 0.25) is 0 Å². The Morgan fingerprint density at radius 3 is 2.49 bits per heavy atom. The van der Waals surface area contributed by atoms with Crippen LogP contribution in [0.1, 0.15) is 36.6 Å². The van der Waals surface area contributed by atoms with E-state index in [9.17, 15) is 9.59 Å². The van der Waals surface area contributed by atoms with Crippen LogP contribution < -0.4 is 19.6 Å². The highest BCUT2D eigenvalue weighted by Gasteiger charge is 2.33. The minimum Gasteiger partial charge on any atom is -0.489 e. The summed E-state index contributed by atoms with van der Waals surface area (Å²) in [5.74, 6) is 0.253. The van der Waals surface area contributed by atoms with Gasteiger partial charge in [0.05, 0.1) is 28.5 Å². The first-order valence-corrected chi connectivity index (χ1v) is 12.9. The standard InChI is InChI=1S/C30H26N2O4S/c1-3-35-29(34)26-20(2)31-30-32(27(26)23-14-8-5-9-15-23)28(33)25(37-30)18-22-13-10-16-24(17-22)36-19-21-11-6-4-7-12-21/h4-18,27H,3,19H2,1-2H3. The molecule has 3 aromatic carbocycles. The fourth-order valence-electron chi connectivity index (χ4n) is 4.33. The predicted octanol–water partition coefficient (Wildman–Crippen LogP) is 4.38. The molecule has 0 amide bonds. The molecule has 6 nitrogen and oxygen atoms in total. The van der Waals surface area contributed by atoms with Gasteiger partial charge in [-0.2, -0.15) is 0 Å². The molecule has 1 atom stereocenters. The second kappa shape index (κ2) is 10.8. The number of hydrogen-bond acceptors (Lipinski definition) is 6. The highest BCUT2D eigenvalue weighted by Crippen LogP contribution is 2.30. The third kappa shape index (κ3) is 5.17. The fourth-order valence-corrected chi connectivity index (χ4v) is 5.38. The monoisotopic (exact) mass is 510 g/mol. The number of allylic oxidation sites excluding steroid dienone is 1. The lowest BCUT2D eigenvalue weighted by Crippen LogP contribution is -2.39. The lowest BCUT2D eigenvalue weighted by molar-refractivity contribution is -0.139. The highest BCUT2D eigenvalue weighted by atomic mass is 32.1. The third-order valence-corrected chi connectivity index (χ3v) is 7.02. The van der Waals surface area contributed by atoms with Gasteiger partial charge >= 0.3 is 5.97 Å². The SMILES string of the molecule is CCOC(=O)C1=C(C)N=c2sc(=Cc3cccc(OCc4ccccc4)c3)c(=O)n2C1c1ccccc1. The number of carbonyl (C=O) groups excluding carboxylic acids is 1. The van der Waals surface area contributed by atoms with Crippen LogP contribution in [-0.2, 0) is 16.1 Å². The summed E-state index contributed by atoms with van der Waals surface area (Å²) in [7, 11) is 0. The Balaban J connectivity index is 1.55. The second-order valence-electron chi connectivity index (χ2n) is 8.56. The first kappa shape index (κ1) is 24.5. The van der Waals surface area contributed by atoms with Crippen LogP contribution in [0.15, 0.2) is 106 Å². The quantitative estimate of drug-likeness (QED) is 0.346. The van der Waals surface area contributed by atoms with Crippen LogP contribution in [0.3, 0.4) is 0 Å². The second-order valence-corrected chi connectivity index (χ2v) is 9.57. The summed E-state index contributed by atoms with van der Waals surface area (Å²) in [6.07, 6.45) is 1.84. The zero-order valence-electron chi connectivity index (χ0n) is 20.6. The van der Waals surface area contributed by atoms with Gasteiger partial charge in [-0.15, -0.1) is 0 Å². The van der Waals surface area contributed by atoms with E-state index in [1.807, 2.05) is 91.0 Å². The molecule has 0 saturated heterocycles. The number of aromatic nitrogens is 1. The molecule has 1 aliphatic heterocycles. The zero-order chi connectivity index (χ0) is 25.8. The van der Waals surface area contributed by atoms with Crippen molar-refractivity contribution in [1.82, 2.24) is 4.57 Å². The molecule has 0 N–H and O–H groups in total. The van der Waals surface area contributed by atoms with Crippen LogP contribution in [0.4, 0.5) is 0 Å². The van der Waals surface area contributed by atoms with Gasteiger partial charge in [0.2, 0.25) is 0 Å². The number of benzene rings is 3. The van der Waals surface area contributed by atoms with Gasteiger partial charge < -0.3 is 9.47 Å². The van der Waals surface area contributed by atoms with Gasteiger partial charge in [0.1, 0.15) is 12.4 Å². The molecule has 0 bridgehead atoms. The van der Waals surface area contributed by atoms with Gasteiger partial charge in [0.25, 0.3) is 5.56 Å². The summed E-state index contributed by atoms with van der Waals surface area (Å²) in [6.45, 7) is 4.24. The first-order chi connectivity index (χ1) is 18.0. The van der Waals surface area contributed by atoms with E-state index in [4.69, 9.17) is 9.47 Å². The van der Waals surface area contributed by atoms with Crippen LogP contribution in [-0.4, -0.2) is 17.1 Å². The van der Waals surface area contributed by atoms with Crippen LogP contribution in [0.5, 0.6) is 5.75 Å². The van der Waals surface area contributed by atoms with E-state index in [0.717, 1.165) is 16.7 Å². The number of thiazole rings is 1. The van der Waals surface area contributed by atoms with Crippen molar-refractivity contribution in [3.05, 3.63) is 133 Å². The number of rotatable bonds is 7. The van der Waals surface area contributed by atoms with Crippen LogP contribution >= 0.6 is 11.3 Å². The maximum Gasteiger partial charge on any atom is 0.338 e. The van der Waals surface area contributed by atoms with Crippen molar-refractivity contribution in [1.29, 1.82) is 0 Å². The Hall–Kier alpha value is -4.23. The summed E-state index contributed by atoms with van der Waals surface area (Å²) < 4.78 is 13.4. The number of carbonyl (C=O) groups is 1. The normalized spacial score (nSPS) is 15.2. The van der Waals surface area contributed by atoms with Crippen molar-refractivity contribution < 1.29 is 14.3 Å². The first-order valence-electron chi connectivity index (χ1n) is 12.1. The summed E-state index contributed by atoms with van der Waals surface area (Å²) in [6, 6.07) is 26.5. The Bertz CT molecular complexity index is 1640. The number of nitrogens with zero attached hydrogens (tertiary/aromatic N) is 2. The van der Waals surface area contributed by atoms with E-state index in [2.05, 4.69) is 4.99 Å². The van der Waals surface area contributed by atoms with Gasteiger partial charge in [-0.25, -0.2) is 9.79 Å². The Morgan fingerprint density at radius 2 is 1.76 bits per heavy atom. The van der Waals surface area contributed by atoms with Crippen LogP contribution in [0, 0.1) is 0 Å². The van der Waals surface area contributed by atoms with Gasteiger partial charge in [0.15, 0.2) is 4.80 Å². The topological polar surface area (TPSA) is 69.9 Å². The highest BCUT2D eigenvalue weighted by molar-refractivity contribution is 7.07. The Morgan fingerprint density at radius 1 is 1.03 bits per heavy atom. The molecular weight excluding hydrogens is 484 g/mol. The van der Waals surface area contributed by atoms with Crippen molar-refractivity contribution >= 4 is 23.4 Å². The summed E-state index contributed by atoms with van der Waals surface area (Å²) in [5.41, 5.74) is 3.47. The van der Waals surface area contributed by atoms with Crippen molar-refractivity contribution in [3.8, 4) is 5.75 Å². The average Bonchev–Trinajstić information content (AvgIpc) is 3.22. The molecule has 0 radical (unpaired) electrons. The van der Waals surface area contributed by atoms with E-state index >= 15 is 0 Å². The molecule has 7 heteroatoms. The average molecular weight is 511 g/mol. The molecule has 0 fully saturated rings. The largest absolute Gasteiger partial charge is 0.489 e. The van der Waals surface area contributed by atoms with Gasteiger partial charge in [-0.1, -0.05) is 84.1 Å². The molecular formula is C30H26N2O4S.